The Bertz CT molecular complexity index is 926. The molecule has 1 heterocycles. The van der Waals surface area contributed by atoms with E-state index in [0.717, 1.165) is 17.7 Å². The smallest absolute Gasteiger partial charge is 0.292 e. The van der Waals surface area contributed by atoms with Crippen LogP contribution in [0.15, 0.2) is 48.5 Å². The third kappa shape index (κ3) is 4.99. The summed E-state index contributed by atoms with van der Waals surface area (Å²) in [5.74, 6) is 0. The fourth-order valence-corrected chi connectivity index (χ4v) is 4.11. The summed E-state index contributed by atoms with van der Waals surface area (Å²) in [6, 6.07) is 14.9. The van der Waals surface area contributed by atoms with Gasteiger partial charge in [-0.05, 0) is 24.1 Å². The highest BCUT2D eigenvalue weighted by molar-refractivity contribution is 7.88. The topological polar surface area (TPSA) is 95.8 Å². The van der Waals surface area contributed by atoms with Gasteiger partial charge in [-0.1, -0.05) is 30.3 Å². The van der Waals surface area contributed by atoms with E-state index in [4.69, 9.17) is 0 Å². The van der Waals surface area contributed by atoms with Gasteiger partial charge < -0.3 is 10.2 Å². The molecule has 0 unspecified atom stereocenters. The van der Waals surface area contributed by atoms with Gasteiger partial charge in [0.05, 0.1) is 11.2 Å². The van der Waals surface area contributed by atoms with Crippen molar-refractivity contribution in [2.75, 3.05) is 49.2 Å². The van der Waals surface area contributed by atoms with E-state index in [0.29, 0.717) is 38.4 Å². The number of piperazine rings is 1. The molecule has 1 aliphatic rings. The third-order valence-corrected chi connectivity index (χ3v) is 6.12. The molecule has 8 nitrogen and oxygen atoms in total. The molecule has 150 valence electrons. The van der Waals surface area contributed by atoms with Crippen LogP contribution in [0, 0.1) is 10.1 Å². The Labute approximate surface area is 165 Å². The van der Waals surface area contributed by atoms with Gasteiger partial charge in [0.2, 0.25) is 10.0 Å². The van der Waals surface area contributed by atoms with Gasteiger partial charge in [-0.15, -0.1) is 0 Å². The first kappa shape index (κ1) is 20.1. The van der Waals surface area contributed by atoms with E-state index in [2.05, 4.69) is 5.32 Å². The highest BCUT2D eigenvalue weighted by Crippen LogP contribution is 2.30. The Hall–Kier alpha value is -2.65. The second-order valence-electron chi connectivity index (χ2n) is 6.77. The number of nitrogens with one attached hydrogen (secondary N) is 1. The summed E-state index contributed by atoms with van der Waals surface area (Å²) < 4.78 is 24.8. The Balaban J connectivity index is 1.70. The van der Waals surface area contributed by atoms with Gasteiger partial charge >= 0.3 is 0 Å². The Kier molecular flexibility index (Phi) is 6.15. The standard InChI is InChI=1S/C19H24N4O4S/c1-28(26,27)22-13-11-21(12-14-22)17-7-8-19(23(24)25)18(15-17)20-10-9-16-5-3-2-4-6-16/h2-8,15,20H,9-14H2,1H3. The molecule has 0 aliphatic carbocycles. The van der Waals surface area contributed by atoms with Crippen molar-refractivity contribution in [1.82, 2.24) is 4.31 Å². The average molecular weight is 404 g/mol. The number of hydrogen-bond donors (Lipinski definition) is 1. The Morgan fingerprint density at radius 3 is 2.36 bits per heavy atom. The van der Waals surface area contributed by atoms with Crippen LogP contribution in [-0.2, 0) is 16.4 Å². The normalized spacial score (nSPS) is 15.4. The van der Waals surface area contributed by atoms with Gasteiger partial charge in [0.25, 0.3) is 5.69 Å². The molecule has 1 saturated heterocycles. The first-order valence-corrected chi connectivity index (χ1v) is 11.0. The molecule has 0 atom stereocenters. The number of nitro groups is 1. The van der Waals surface area contributed by atoms with Crippen LogP contribution in [0.1, 0.15) is 5.56 Å². The lowest BCUT2D eigenvalue weighted by molar-refractivity contribution is -0.383. The van der Waals surface area contributed by atoms with Crippen LogP contribution in [0.3, 0.4) is 0 Å². The molecule has 1 aliphatic heterocycles. The average Bonchev–Trinajstić information content (AvgIpc) is 2.68. The maximum atomic E-state index is 11.7. The fraction of sp³-hybridized carbons (Fsp3) is 0.368. The SMILES string of the molecule is CS(=O)(=O)N1CCN(c2ccc([N+](=O)[O-])c(NCCc3ccccc3)c2)CC1. The minimum Gasteiger partial charge on any atom is -0.379 e. The fourth-order valence-electron chi connectivity index (χ4n) is 3.29. The summed E-state index contributed by atoms with van der Waals surface area (Å²) in [6.45, 7) is 2.50. The van der Waals surface area contributed by atoms with Crippen LogP contribution in [0.5, 0.6) is 0 Å². The summed E-state index contributed by atoms with van der Waals surface area (Å²) in [5, 5.41) is 14.6. The second kappa shape index (κ2) is 8.57. The first-order chi connectivity index (χ1) is 13.3. The highest BCUT2D eigenvalue weighted by Gasteiger charge is 2.24. The molecule has 28 heavy (non-hydrogen) atoms. The van der Waals surface area contributed by atoms with Crippen LogP contribution in [0.4, 0.5) is 17.1 Å². The number of anilines is 2. The predicted molar refractivity (Wildman–Crippen MR) is 110 cm³/mol. The molecular weight excluding hydrogens is 380 g/mol. The van der Waals surface area contributed by atoms with Crippen molar-refractivity contribution >= 4 is 27.1 Å². The van der Waals surface area contributed by atoms with E-state index in [9.17, 15) is 18.5 Å². The maximum Gasteiger partial charge on any atom is 0.292 e. The summed E-state index contributed by atoms with van der Waals surface area (Å²) in [5.41, 5.74) is 2.52. The zero-order chi connectivity index (χ0) is 20.1. The van der Waals surface area contributed by atoms with Gasteiger partial charge in [-0.25, -0.2) is 8.42 Å². The Morgan fingerprint density at radius 2 is 1.75 bits per heavy atom. The van der Waals surface area contributed by atoms with E-state index in [1.54, 1.807) is 12.1 Å². The molecule has 2 aromatic carbocycles. The molecule has 9 heteroatoms. The van der Waals surface area contributed by atoms with Crippen molar-refractivity contribution in [1.29, 1.82) is 0 Å². The zero-order valence-corrected chi connectivity index (χ0v) is 16.6. The molecule has 0 amide bonds. The zero-order valence-electron chi connectivity index (χ0n) is 15.7. The van der Waals surface area contributed by atoms with Gasteiger partial charge in [-0.2, -0.15) is 4.31 Å². The Morgan fingerprint density at radius 1 is 1.07 bits per heavy atom. The molecule has 0 radical (unpaired) electrons. The van der Waals surface area contributed by atoms with E-state index in [1.165, 1.54) is 16.6 Å². The van der Waals surface area contributed by atoms with Crippen LogP contribution < -0.4 is 10.2 Å². The van der Waals surface area contributed by atoms with Gasteiger partial charge in [0.1, 0.15) is 5.69 Å². The van der Waals surface area contributed by atoms with Crippen molar-refractivity contribution in [3.05, 3.63) is 64.2 Å². The minimum absolute atomic E-state index is 0.0339. The quantitative estimate of drug-likeness (QED) is 0.562. The van der Waals surface area contributed by atoms with E-state index in [-0.39, 0.29) is 5.69 Å². The predicted octanol–water partition coefficient (Wildman–Crippen LogP) is 2.33. The van der Waals surface area contributed by atoms with Crippen LogP contribution >= 0.6 is 0 Å². The number of nitro benzene ring substituents is 1. The van der Waals surface area contributed by atoms with Crippen molar-refractivity contribution in [2.24, 2.45) is 0 Å². The maximum absolute atomic E-state index is 11.7. The first-order valence-electron chi connectivity index (χ1n) is 9.11. The monoisotopic (exact) mass is 404 g/mol. The number of benzene rings is 2. The molecule has 0 bridgehead atoms. The molecule has 1 N–H and O–H groups in total. The molecule has 1 fully saturated rings. The molecule has 0 saturated carbocycles. The summed E-state index contributed by atoms with van der Waals surface area (Å²) in [4.78, 5) is 13.0. The molecule has 3 rings (SSSR count). The van der Waals surface area contributed by atoms with Gasteiger partial charge in [-0.3, -0.25) is 10.1 Å². The van der Waals surface area contributed by atoms with Crippen LogP contribution in [0.2, 0.25) is 0 Å². The van der Waals surface area contributed by atoms with Crippen molar-refractivity contribution in [3.8, 4) is 0 Å². The van der Waals surface area contributed by atoms with E-state index >= 15 is 0 Å². The number of hydrogen-bond acceptors (Lipinski definition) is 6. The van der Waals surface area contributed by atoms with Crippen LogP contribution in [-0.4, -0.2) is 56.6 Å². The molecule has 2 aromatic rings. The number of sulfonamides is 1. The van der Waals surface area contributed by atoms with Crippen LogP contribution in [0.25, 0.3) is 0 Å². The largest absolute Gasteiger partial charge is 0.379 e. The minimum atomic E-state index is -3.19. The van der Waals surface area contributed by atoms with Crippen molar-refractivity contribution in [3.63, 3.8) is 0 Å². The summed E-state index contributed by atoms with van der Waals surface area (Å²) in [6.07, 6.45) is 1.97. The molecular formula is C19H24N4O4S. The van der Waals surface area contributed by atoms with Gasteiger partial charge in [0.15, 0.2) is 0 Å². The summed E-state index contributed by atoms with van der Waals surface area (Å²) >= 11 is 0. The van der Waals surface area contributed by atoms with Gasteiger partial charge in [0, 0.05) is 44.5 Å². The molecule has 0 aromatic heterocycles. The van der Waals surface area contributed by atoms with Crippen molar-refractivity contribution in [2.45, 2.75) is 6.42 Å². The lowest BCUT2D eigenvalue weighted by atomic mass is 10.1. The molecule has 0 spiro atoms. The second-order valence-corrected chi connectivity index (χ2v) is 8.75. The number of rotatable bonds is 7. The lowest BCUT2D eigenvalue weighted by Gasteiger charge is -2.34. The van der Waals surface area contributed by atoms with E-state index < -0.39 is 14.9 Å². The van der Waals surface area contributed by atoms with E-state index in [1.807, 2.05) is 35.2 Å². The summed E-state index contributed by atoms with van der Waals surface area (Å²) in [7, 11) is -3.19. The highest BCUT2D eigenvalue weighted by atomic mass is 32.2. The third-order valence-electron chi connectivity index (χ3n) is 4.82. The van der Waals surface area contributed by atoms with Crippen molar-refractivity contribution < 1.29 is 13.3 Å². The number of nitrogens with zero attached hydrogens (tertiary/aromatic N) is 3. The lowest BCUT2D eigenvalue weighted by Crippen LogP contribution is -2.48.